The van der Waals surface area contributed by atoms with Crippen LogP contribution in [0, 0.1) is 11.3 Å². The third kappa shape index (κ3) is 4.00. The molecule has 2 N–H and O–H groups in total. The molecule has 0 atom stereocenters. The van der Waals surface area contributed by atoms with Crippen molar-refractivity contribution in [1.29, 1.82) is 5.26 Å². The van der Waals surface area contributed by atoms with E-state index in [1.54, 1.807) is 0 Å². The molecule has 0 bridgehead atoms. The lowest BCUT2D eigenvalue weighted by Crippen LogP contribution is -2.14. The van der Waals surface area contributed by atoms with Gasteiger partial charge in [0.2, 0.25) is 5.91 Å². The quantitative estimate of drug-likeness (QED) is 0.834. The van der Waals surface area contributed by atoms with Gasteiger partial charge in [0.25, 0.3) is 0 Å². The summed E-state index contributed by atoms with van der Waals surface area (Å²) in [4.78, 5) is 16.2. The van der Waals surface area contributed by atoms with Crippen molar-refractivity contribution in [3.8, 4) is 11.8 Å². The number of nitriles is 1. The molecule has 1 amide bonds. The van der Waals surface area contributed by atoms with Crippen LogP contribution in [0.5, 0.6) is 5.75 Å². The van der Waals surface area contributed by atoms with Crippen LogP contribution in [-0.4, -0.2) is 23.5 Å². The lowest BCUT2D eigenvalue weighted by Gasteiger charge is -2.19. The highest BCUT2D eigenvalue weighted by Crippen LogP contribution is 2.36. The van der Waals surface area contributed by atoms with E-state index in [2.05, 4.69) is 21.7 Å². The van der Waals surface area contributed by atoms with E-state index in [-0.39, 0.29) is 11.9 Å². The minimum absolute atomic E-state index is 0.151. The van der Waals surface area contributed by atoms with Gasteiger partial charge in [0.1, 0.15) is 11.8 Å². The molecule has 0 saturated carbocycles. The van der Waals surface area contributed by atoms with E-state index < -0.39 is 0 Å². The Hall–Kier alpha value is -2.81. The van der Waals surface area contributed by atoms with Gasteiger partial charge >= 0.3 is 0 Å². The van der Waals surface area contributed by atoms with Crippen molar-refractivity contribution >= 4 is 28.2 Å². The van der Waals surface area contributed by atoms with Gasteiger partial charge in [0.15, 0.2) is 0 Å². The average Bonchev–Trinajstić information content (AvgIpc) is 2.54. The largest absolute Gasteiger partial charge is 0.492 e. The van der Waals surface area contributed by atoms with Gasteiger partial charge in [0.05, 0.1) is 34.8 Å². The summed E-state index contributed by atoms with van der Waals surface area (Å²) in [7, 11) is 0. The molecule has 6 nitrogen and oxygen atoms in total. The molecule has 0 spiro atoms. The second-order valence-corrected chi connectivity index (χ2v) is 6.05. The van der Waals surface area contributed by atoms with Crippen molar-refractivity contribution in [2.24, 2.45) is 0 Å². The minimum atomic E-state index is -0.183. The topological polar surface area (TPSA) is 87.0 Å². The van der Waals surface area contributed by atoms with Crippen molar-refractivity contribution in [2.45, 2.75) is 47.1 Å². The molecular weight excluding hydrogens is 316 g/mol. The fourth-order valence-corrected chi connectivity index (χ4v) is 2.72. The van der Waals surface area contributed by atoms with E-state index in [4.69, 9.17) is 4.74 Å². The average molecular weight is 340 g/mol. The Labute approximate surface area is 148 Å². The lowest BCUT2D eigenvalue weighted by molar-refractivity contribution is -0.114. The molecule has 25 heavy (non-hydrogen) atoms. The van der Waals surface area contributed by atoms with Gasteiger partial charge in [-0.25, -0.2) is 0 Å². The second kappa shape index (κ2) is 7.84. The van der Waals surface area contributed by atoms with Crippen LogP contribution in [0.3, 0.4) is 0 Å². The van der Waals surface area contributed by atoms with E-state index >= 15 is 0 Å². The number of carbonyl (C=O) groups is 1. The maximum Gasteiger partial charge on any atom is 0.221 e. The minimum Gasteiger partial charge on any atom is -0.492 e. The third-order valence-electron chi connectivity index (χ3n) is 3.65. The Kier molecular flexibility index (Phi) is 5.81. The number of rotatable bonds is 6. The van der Waals surface area contributed by atoms with Crippen molar-refractivity contribution in [1.82, 2.24) is 4.98 Å². The Morgan fingerprint density at radius 1 is 1.36 bits per heavy atom. The number of ether oxygens (including phenoxy) is 1. The predicted molar refractivity (Wildman–Crippen MR) is 100 cm³/mol. The normalized spacial score (nSPS) is 10.6. The highest BCUT2D eigenvalue weighted by molar-refractivity contribution is 6.01. The third-order valence-corrected chi connectivity index (χ3v) is 3.65. The maximum absolute atomic E-state index is 11.5. The zero-order chi connectivity index (χ0) is 18.6. The summed E-state index contributed by atoms with van der Waals surface area (Å²) in [6, 6.07) is 6.05. The first-order valence-electron chi connectivity index (χ1n) is 8.48. The first-order chi connectivity index (χ1) is 11.9. The number of aryl methyl sites for hydroxylation is 1. The van der Waals surface area contributed by atoms with E-state index in [0.29, 0.717) is 30.0 Å². The van der Waals surface area contributed by atoms with Crippen LogP contribution in [0.15, 0.2) is 12.1 Å². The molecule has 1 aromatic heterocycles. The number of benzene rings is 1. The summed E-state index contributed by atoms with van der Waals surface area (Å²) in [5, 5.41) is 16.6. The molecule has 0 fully saturated rings. The van der Waals surface area contributed by atoms with Gasteiger partial charge in [-0.05, 0) is 33.3 Å². The number of carbonyl (C=O) groups excluding carboxylic acids is 1. The van der Waals surface area contributed by atoms with E-state index in [1.807, 2.05) is 39.8 Å². The SMILES string of the molecule is CCOc1cc2nc(CC)c(C#N)c(NC(C)C)c2cc1NC(C)=O. The van der Waals surface area contributed by atoms with Crippen LogP contribution in [-0.2, 0) is 11.2 Å². The summed E-state index contributed by atoms with van der Waals surface area (Å²) < 4.78 is 5.66. The van der Waals surface area contributed by atoms with Crippen molar-refractivity contribution in [2.75, 3.05) is 17.2 Å². The molecule has 0 aliphatic rings. The second-order valence-electron chi connectivity index (χ2n) is 6.05. The number of amides is 1. The fourth-order valence-electron chi connectivity index (χ4n) is 2.72. The van der Waals surface area contributed by atoms with Crippen molar-refractivity contribution in [3.63, 3.8) is 0 Å². The fraction of sp³-hybridized carbons (Fsp3) is 0.421. The summed E-state index contributed by atoms with van der Waals surface area (Å²) in [6.45, 7) is 9.82. The molecule has 6 heteroatoms. The van der Waals surface area contributed by atoms with Gasteiger partial charge in [-0.15, -0.1) is 0 Å². The molecule has 0 unspecified atom stereocenters. The summed E-state index contributed by atoms with van der Waals surface area (Å²) >= 11 is 0. The van der Waals surface area contributed by atoms with Crippen LogP contribution in [0.2, 0.25) is 0 Å². The predicted octanol–water partition coefficient (Wildman–Crippen LogP) is 3.85. The summed E-state index contributed by atoms with van der Waals surface area (Å²) in [5.41, 5.74) is 3.34. The van der Waals surface area contributed by atoms with E-state index in [9.17, 15) is 10.1 Å². The van der Waals surface area contributed by atoms with Crippen LogP contribution < -0.4 is 15.4 Å². The number of nitrogens with one attached hydrogen (secondary N) is 2. The molecule has 0 saturated heterocycles. The van der Waals surface area contributed by atoms with Gasteiger partial charge in [-0.1, -0.05) is 6.92 Å². The number of nitrogens with zero attached hydrogens (tertiary/aromatic N) is 2. The van der Waals surface area contributed by atoms with Gasteiger partial charge < -0.3 is 15.4 Å². The number of pyridine rings is 1. The van der Waals surface area contributed by atoms with Crippen molar-refractivity contribution < 1.29 is 9.53 Å². The highest BCUT2D eigenvalue weighted by atomic mass is 16.5. The van der Waals surface area contributed by atoms with Crippen LogP contribution in [0.4, 0.5) is 11.4 Å². The van der Waals surface area contributed by atoms with Crippen LogP contribution in [0.25, 0.3) is 10.9 Å². The standard InChI is InChI=1S/C19H24N4O2/c1-6-15-14(10-20)19(21-11(3)4)13-8-17(22-12(5)24)18(25-7-2)9-16(13)23-15/h8-9,11H,6-7H2,1-5H3,(H,21,23)(H,22,24). The number of aromatic nitrogens is 1. The molecule has 0 radical (unpaired) electrons. The van der Waals surface area contributed by atoms with E-state index in [0.717, 1.165) is 22.3 Å². The molecule has 132 valence electrons. The summed E-state index contributed by atoms with van der Waals surface area (Å²) in [6.07, 6.45) is 0.656. The first-order valence-corrected chi connectivity index (χ1v) is 8.48. The number of fused-ring (bicyclic) bond motifs is 1. The lowest BCUT2D eigenvalue weighted by atomic mass is 10.0. The monoisotopic (exact) mass is 340 g/mol. The highest BCUT2D eigenvalue weighted by Gasteiger charge is 2.18. The van der Waals surface area contributed by atoms with E-state index in [1.165, 1.54) is 6.92 Å². The number of anilines is 2. The Morgan fingerprint density at radius 3 is 2.60 bits per heavy atom. The number of hydrogen-bond acceptors (Lipinski definition) is 5. The summed E-state index contributed by atoms with van der Waals surface area (Å²) in [5.74, 6) is 0.386. The molecule has 2 rings (SSSR count). The Bertz CT molecular complexity index is 838. The Balaban J connectivity index is 2.82. The zero-order valence-electron chi connectivity index (χ0n) is 15.4. The molecule has 0 aliphatic heterocycles. The zero-order valence-corrected chi connectivity index (χ0v) is 15.4. The first kappa shape index (κ1) is 18.5. The molecule has 0 aliphatic carbocycles. The maximum atomic E-state index is 11.5. The van der Waals surface area contributed by atoms with Crippen LogP contribution >= 0.6 is 0 Å². The number of hydrogen-bond donors (Lipinski definition) is 2. The van der Waals surface area contributed by atoms with Gasteiger partial charge in [-0.3, -0.25) is 9.78 Å². The molecular formula is C19H24N4O2. The molecule has 1 heterocycles. The Morgan fingerprint density at radius 2 is 2.08 bits per heavy atom. The molecule has 1 aromatic carbocycles. The molecule has 2 aromatic rings. The smallest absolute Gasteiger partial charge is 0.221 e. The van der Waals surface area contributed by atoms with Gasteiger partial charge in [-0.2, -0.15) is 5.26 Å². The van der Waals surface area contributed by atoms with Crippen LogP contribution in [0.1, 0.15) is 45.9 Å². The van der Waals surface area contributed by atoms with Crippen molar-refractivity contribution in [3.05, 3.63) is 23.4 Å². The van der Waals surface area contributed by atoms with Gasteiger partial charge in [0, 0.05) is 24.4 Å².